The summed E-state index contributed by atoms with van der Waals surface area (Å²) in [6.45, 7) is 12.4. The number of Topliss-reactive ketones (excluding diaryl/α,β-unsaturated/α-hetero) is 1. The van der Waals surface area contributed by atoms with Gasteiger partial charge in [0.05, 0.1) is 0 Å². The normalized spacial score (nSPS) is 49.4. The lowest BCUT2D eigenvalue weighted by molar-refractivity contribution is -0.133. The zero-order chi connectivity index (χ0) is 19.4. The molecule has 27 heavy (non-hydrogen) atoms. The fourth-order valence-corrected chi connectivity index (χ4v) is 8.90. The van der Waals surface area contributed by atoms with E-state index in [4.69, 9.17) is 0 Å². The van der Waals surface area contributed by atoms with Gasteiger partial charge < -0.3 is 0 Å². The fourth-order valence-electron chi connectivity index (χ4n) is 8.90. The highest BCUT2D eigenvalue weighted by Crippen LogP contribution is 2.69. The highest BCUT2D eigenvalue weighted by Gasteiger charge is 2.61. The van der Waals surface area contributed by atoms with Crippen molar-refractivity contribution in [3.8, 4) is 0 Å². The summed E-state index contributed by atoms with van der Waals surface area (Å²) in [5.74, 6) is 5.56. The van der Waals surface area contributed by atoms with Crippen molar-refractivity contribution in [2.45, 2.75) is 98.8 Å². The first kappa shape index (κ1) is 19.7. The SMILES string of the molecule is CC=C1CC2C3CC[C@H]([C@H](C)CCC)[C@@]3(C)CCC2[C@@]2(C)CCC(=O)C[C@@H]12. The van der Waals surface area contributed by atoms with Crippen LogP contribution in [0.3, 0.4) is 0 Å². The number of rotatable bonds is 3. The molecule has 1 nitrogen and oxygen atoms in total. The first-order valence-corrected chi connectivity index (χ1v) is 12.0. The van der Waals surface area contributed by atoms with Gasteiger partial charge in [0, 0.05) is 12.8 Å². The first-order valence-electron chi connectivity index (χ1n) is 12.0. The molecule has 0 bridgehead atoms. The zero-order valence-corrected chi connectivity index (χ0v) is 18.5. The summed E-state index contributed by atoms with van der Waals surface area (Å²) < 4.78 is 0. The van der Waals surface area contributed by atoms with Crippen molar-refractivity contribution >= 4 is 5.78 Å². The Hall–Kier alpha value is -0.590. The maximum Gasteiger partial charge on any atom is 0.133 e. The average Bonchev–Trinajstić information content (AvgIpc) is 2.99. The van der Waals surface area contributed by atoms with Gasteiger partial charge in [-0.3, -0.25) is 4.79 Å². The second kappa shape index (κ2) is 7.03. The Morgan fingerprint density at radius 2 is 1.81 bits per heavy atom. The van der Waals surface area contributed by atoms with E-state index in [-0.39, 0.29) is 0 Å². The molecule has 0 heterocycles. The van der Waals surface area contributed by atoms with Gasteiger partial charge in [-0.2, -0.15) is 0 Å². The van der Waals surface area contributed by atoms with Gasteiger partial charge in [0.25, 0.3) is 0 Å². The molecular weight excluding hydrogens is 328 g/mol. The Kier molecular flexibility index (Phi) is 5.13. The molecule has 4 rings (SSSR count). The Labute approximate surface area is 167 Å². The minimum absolute atomic E-state index is 0.382. The van der Waals surface area contributed by atoms with Crippen molar-refractivity contribution in [1.29, 1.82) is 0 Å². The van der Waals surface area contributed by atoms with Gasteiger partial charge in [0.15, 0.2) is 0 Å². The van der Waals surface area contributed by atoms with E-state index in [9.17, 15) is 4.79 Å². The maximum atomic E-state index is 12.3. The van der Waals surface area contributed by atoms with Crippen LogP contribution in [0.5, 0.6) is 0 Å². The third-order valence-electron chi connectivity index (χ3n) is 10.2. The van der Waals surface area contributed by atoms with Crippen molar-refractivity contribution in [2.75, 3.05) is 0 Å². The van der Waals surface area contributed by atoms with E-state index in [1.54, 1.807) is 5.57 Å². The summed E-state index contributed by atoms with van der Waals surface area (Å²) in [6.07, 6.45) is 15.0. The molecule has 8 atom stereocenters. The smallest absolute Gasteiger partial charge is 0.133 e. The van der Waals surface area contributed by atoms with E-state index in [1.807, 2.05) is 0 Å². The highest BCUT2D eigenvalue weighted by molar-refractivity contribution is 5.80. The number of allylic oxidation sites excluding steroid dienone is 2. The molecule has 4 fully saturated rings. The van der Waals surface area contributed by atoms with Gasteiger partial charge in [-0.25, -0.2) is 0 Å². The summed E-state index contributed by atoms with van der Waals surface area (Å²) in [5.41, 5.74) is 2.59. The summed E-state index contributed by atoms with van der Waals surface area (Å²) in [4.78, 5) is 12.3. The second-order valence-electron chi connectivity index (χ2n) is 11.2. The lowest BCUT2D eigenvalue weighted by atomic mass is 9.43. The number of hydrogen-bond donors (Lipinski definition) is 0. The number of hydrogen-bond acceptors (Lipinski definition) is 1. The van der Waals surface area contributed by atoms with Crippen molar-refractivity contribution in [3.05, 3.63) is 11.6 Å². The number of fused-ring (bicyclic) bond motifs is 5. The molecule has 0 spiro atoms. The lowest BCUT2D eigenvalue weighted by Crippen LogP contribution is -2.54. The van der Waals surface area contributed by atoms with Crippen LogP contribution in [0.2, 0.25) is 0 Å². The molecule has 4 saturated carbocycles. The van der Waals surface area contributed by atoms with Gasteiger partial charge in [0.1, 0.15) is 5.78 Å². The van der Waals surface area contributed by atoms with E-state index in [2.05, 4.69) is 40.7 Å². The zero-order valence-electron chi connectivity index (χ0n) is 18.5. The van der Waals surface area contributed by atoms with Crippen molar-refractivity contribution in [3.63, 3.8) is 0 Å². The molecule has 1 heteroatoms. The minimum Gasteiger partial charge on any atom is -0.300 e. The molecule has 152 valence electrons. The monoisotopic (exact) mass is 370 g/mol. The van der Waals surface area contributed by atoms with Gasteiger partial charge in [-0.05, 0) is 91.8 Å². The van der Waals surface area contributed by atoms with Crippen LogP contribution >= 0.6 is 0 Å². The third kappa shape index (κ3) is 2.89. The van der Waals surface area contributed by atoms with Crippen LogP contribution in [0.15, 0.2) is 11.6 Å². The van der Waals surface area contributed by atoms with E-state index in [0.29, 0.717) is 22.5 Å². The predicted molar refractivity (Wildman–Crippen MR) is 113 cm³/mol. The van der Waals surface area contributed by atoms with Gasteiger partial charge in [0.2, 0.25) is 0 Å². The predicted octanol–water partition coefficient (Wildman–Crippen LogP) is 7.21. The van der Waals surface area contributed by atoms with Crippen LogP contribution < -0.4 is 0 Å². The van der Waals surface area contributed by atoms with E-state index < -0.39 is 0 Å². The Bertz CT molecular complexity index is 618. The summed E-state index contributed by atoms with van der Waals surface area (Å²) >= 11 is 0. The van der Waals surface area contributed by atoms with Crippen LogP contribution in [-0.4, -0.2) is 5.78 Å². The number of ketones is 1. The standard InChI is InChI=1S/C26H42O/c1-6-8-17(3)21-9-10-22-20-15-18(7-2)24-16-19(27)11-13-26(24,5)23(20)12-14-25(21,22)4/h7,17,20-24H,6,8-16H2,1-5H3/t17-,20?,21-,22?,23?,24+,25-,26-/m1/s1. The summed E-state index contributed by atoms with van der Waals surface area (Å²) in [5, 5.41) is 0. The fraction of sp³-hybridized carbons (Fsp3) is 0.885. The van der Waals surface area contributed by atoms with Gasteiger partial charge in [-0.15, -0.1) is 0 Å². The number of carbonyl (C=O) groups excluding carboxylic acids is 1. The first-order chi connectivity index (χ1) is 12.8. The molecule has 0 aliphatic heterocycles. The Balaban J connectivity index is 1.64. The van der Waals surface area contributed by atoms with Crippen LogP contribution in [0.25, 0.3) is 0 Å². The average molecular weight is 371 g/mol. The van der Waals surface area contributed by atoms with Crippen LogP contribution in [0.1, 0.15) is 98.8 Å². The van der Waals surface area contributed by atoms with E-state index >= 15 is 0 Å². The van der Waals surface area contributed by atoms with Gasteiger partial charge >= 0.3 is 0 Å². The third-order valence-corrected chi connectivity index (χ3v) is 10.2. The summed E-state index contributed by atoms with van der Waals surface area (Å²) in [7, 11) is 0. The molecule has 0 aromatic carbocycles. The molecule has 0 aromatic rings. The van der Waals surface area contributed by atoms with E-state index in [1.165, 1.54) is 44.9 Å². The number of carbonyl (C=O) groups is 1. The quantitative estimate of drug-likeness (QED) is 0.480. The van der Waals surface area contributed by atoms with Gasteiger partial charge in [-0.1, -0.05) is 52.2 Å². The topological polar surface area (TPSA) is 17.1 Å². The molecule has 0 saturated heterocycles. The maximum absolute atomic E-state index is 12.3. The molecule has 4 aliphatic rings. The largest absolute Gasteiger partial charge is 0.300 e. The highest BCUT2D eigenvalue weighted by atomic mass is 16.1. The van der Waals surface area contributed by atoms with Crippen molar-refractivity contribution in [1.82, 2.24) is 0 Å². The minimum atomic E-state index is 0.382. The summed E-state index contributed by atoms with van der Waals surface area (Å²) in [6, 6.07) is 0. The van der Waals surface area contributed by atoms with Crippen molar-refractivity contribution < 1.29 is 4.79 Å². The second-order valence-corrected chi connectivity index (χ2v) is 11.2. The van der Waals surface area contributed by atoms with Crippen LogP contribution in [0, 0.1) is 46.3 Å². The molecule has 0 amide bonds. The molecular formula is C26H42O. The molecule has 0 aromatic heterocycles. The molecule has 0 N–H and O–H groups in total. The van der Waals surface area contributed by atoms with Crippen molar-refractivity contribution in [2.24, 2.45) is 46.3 Å². The Morgan fingerprint density at radius 1 is 1.07 bits per heavy atom. The van der Waals surface area contributed by atoms with E-state index in [0.717, 1.165) is 48.9 Å². The van der Waals surface area contributed by atoms with Crippen LogP contribution in [-0.2, 0) is 4.79 Å². The molecule has 3 unspecified atom stereocenters. The Morgan fingerprint density at radius 3 is 2.52 bits per heavy atom. The molecule has 4 aliphatic carbocycles. The lowest BCUT2D eigenvalue weighted by Gasteiger charge is -2.61. The van der Waals surface area contributed by atoms with Crippen LogP contribution in [0.4, 0.5) is 0 Å². The molecule has 0 radical (unpaired) electrons.